The Balaban J connectivity index is 2.49. The van der Waals surface area contributed by atoms with E-state index in [0.29, 0.717) is 13.0 Å². The van der Waals surface area contributed by atoms with Gasteiger partial charge in [-0.15, -0.1) is 5.17 Å². The molecule has 0 aromatic rings. The first-order valence-electron chi connectivity index (χ1n) is 2.94. The molecule has 0 unspecified atom stereocenters. The van der Waals surface area contributed by atoms with Crippen LogP contribution in [0.5, 0.6) is 0 Å². The number of amides is 1. The summed E-state index contributed by atoms with van der Waals surface area (Å²) in [7, 11) is 1.45. The lowest BCUT2D eigenvalue weighted by atomic mass is 10.4. The van der Waals surface area contributed by atoms with Gasteiger partial charge in [0, 0.05) is 20.0 Å². The number of hydrogen-bond acceptors (Lipinski definition) is 3. The van der Waals surface area contributed by atoms with Gasteiger partial charge in [0.25, 0.3) is 0 Å². The fraction of sp³-hybridized carbons (Fsp3) is 0.800. The molecule has 0 aliphatic carbocycles. The zero-order chi connectivity index (χ0) is 6.85. The van der Waals surface area contributed by atoms with Gasteiger partial charge < -0.3 is 0 Å². The molecule has 0 spiro atoms. The first-order valence-corrected chi connectivity index (χ1v) is 2.94. The van der Waals surface area contributed by atoms with Gasteiger partial charge in [0.15, 0.2) is 0 Å². The Labute approximate surface area is 53.6 Å². The number of rotatable bonds is 1. The van der Waals surface area contributed by atoms with Gasteiger partial charge in [0.2, 0.25) is 5.91 Å². The van der Waals surface area contributed by atoms with E-state index in [0.717, 1.165) is 11.6 Å². The number of hydrazine groups is 1. The number of carbonyl (C=O) groups excluding carboxylic acids is 1. The summed E-state index contributed by atoms with van der Waals surface area (Å²) in [6, 6.07) is 0. The molecule has 1 rings (SSSR count). The Kier molecular flexibility index (Phi) is 1.68. The molecular formula is C5H10N2O2. The fourth-order valence-corrected chi connectivity index (χ4v) is 0.940. The predicted molar refractivity (Wildman–Crippen MR) is 30.5 cm³/mol. The Morgan fingerprint density at radius 3 is 2.67 bits per heavy atom. The van der Waals surface area contributed by atoms with E-state index in [9.17, 15) is 4.79 Å². The van der Waals surface area contributed by atoms with Crippen LogP contribution in [0.15, 0.2) is 0 Å². The van der Waals surface area contributed by atoms with Crippen molar-refractivity contribution in [2.24, 2.45) is 0 Å². The van der Waals surface area contributed by atoms with Crippen LogP contribution < -0.4 is 0 Å². The first-order chi connectivity index (χ1) is 4.22. The third kappa shape index (κ3) is 1.20. The average Bonchev–Trinajstić information content (AvgIpc) is 2.13. The third-order valence-electron chi connectivity index (χ3n) is 1.40. The summed E-state index contributed by atoms with van der Waals surface area (Å²) in [6.45, 7) is 0.645. The van der Waals surface area contributed by atoms with Crippen molar-refractivity contribution in [3.8, 4) is 0 Å². The molecule has 9 heavy (non-hydrogen) atoms. The molecule has 1 aliphatic rings. The van der Waals surface area contributed by atoms with E-state index in [-0.39, 0.29) is 5.91 Å². The minimum absolute atomic E-state index is 0.000000000000000222. The van der Waals surface area contributed by atoms with Gasteiger partial charge in [0.1, 0.15) is 0 Å². The van der Waals surface area contributed by atoms with Crippen LogP contribution in [0.2, 0.25) is 0 Å². The molecule has 0 atom stereocenters. The normalized spacial score (nSPS) is 19.9. The highest BCUT2D eigenvalue weighted by Gasteiger charge is 2.22. The van der Waals surface area contributed by atoms with Gasteiger partial charge in [-0.2, -0.15) is 0 Å². The lowest BCUT2D eigenvalue weighted by Crippen LogP contribution is -2.37. The van der Waals surface area contributed by atoms with E-state index in [1.165, 1.54) is 12.1 Å². The summed E-state index contributed by atoms with van der Waals surface area (Å²) in [6.07, 6.45) is 1.41. The Morgan fingerprint density at radius 1 is 1.78 bits per heavy atom. The van der Waals surface area contributed by atoms with E-state index in [2.05, 4.69) is 0 Å². The fourth-order valence-electron chi connectivity index (χ4n) is 0.940. The van der Waals surface area contributed by atoms with Gasteiger partial charge >= 0.3 is 0 Å². The maximum atomic E-state index is 10.7. The average molecular weight is 130 g/mol. The minimum Gasteiger partial charge on any atom is -0.295 e. The Hall–Kier alpha value is -0.610. The lowest BCUT2D eigenvalue weighted by Gasteiger charge is -2.20. The van der Waals surface area contributed by atoms with Crippen molar-refractivity contribution in [3.63, 3.8) is 0 Å². The molecular weight excluding hydrogens is 120 g/mol. The van der Waals surface area contributed by atoms with Gasteiger partial charge in [-0.05, 0) is 6.42 Å². The summed E-state index contributed by atoms with van der Waals surface area (Å²) in [5, 5.41) is 10.9. The van der Waals surface area contributed by atoms with Crippen molar-refractivity contribution >= 4 is 5.91 Å². The molecule has 0 aromatic heterocycles. The number of carbonyl (C=O) groups is 1. The molecule has 1 aliphatic heterocycles. The summed E-state index contributed by atoms with van der Waals surface area (Å²) < 4.78 is 0. The van der Waals surface area contributed by atoms with Crippen molar-refractivity contribution in [1.29, 1.82) is 0 Å². The minimum atomic E-state index is 0.000000000000000222. The van der Waals surface area contributed by atoms with Crippen LogP contribution in [0.4, 0.5) is 0 Å². The highest BCUT2D eigenvalue weighted by molar-refractivity contribution is 5.77. The van der Waals surface area contributed by atoms with Crippen molar-refractivity contribution in [1.82, 2.24) is 10.2 Å². The second-order valence-corrected chi connectivity index (χ2v) is 2.11. The Morgan fingerprint density at radius 2 is 2.44 bits per heavy atom. The van der Waals surface area contributed by atoms with E-state index >= 15 is 0 Å². The summed E-state index contributed by atoms with van der Waals surface area (Å²) in [4.78, 5) is 10.7. The molecule has 4 nitrogen and oxygen atoms in total. The van der Waals surface area contributed by atoms with Crippen molar-refractivity contribution in [2.45, 2.75) is 12.8 Å². The number of hydroxylamine groups is 1. The second kappa shape index (κ2) is 2.33. The summed E-state index contributed by atoms with van der Waals surface area (Å²) in [5.41, 5.74) is 0. The van der Waals surface area contributed by atoms with Crippen LogP contribution in [0.25, 0.3) is 0 Å². The maximum Gasteiger partial charge on any atom is 0.238 e. The second-order valence-electron chi connectivity index (χ2n) is 2.11. The maximum absolute atomic E-state index is 10.7. The van der Waals surface area contributed by atoms with Gasteiger partial charge in [-0.25, -0.2) is 0 Å². The first kappa shape index (κ1) is 6.51. The summed E-state index contributed by atoms with van der Waals surface area (Å²) >= 11 is 0. The topological polar surface area (TPSA) is 43.8 Å². The molecule has 0 saturated carbocycles. The van der Waals surface area contributed by atoms with E-state index in [1.807, 2.05) is 0 Å². The standard InChI is InChI=1S/C5H10N2O2/c1-6(9)7-4-2-3-5(7)8/h9H,2-4H2,1H3. The van der Waals surface area contributed by atoms with Crippen molar-refractivity contribution in [3.05, 3.63) is 0 Å². The molecule has 1 N–H and O–H groups in total. The highest BCUT2D eigenvalue weighted by Crippen LogP contribution is 2.09. The van der Waals surface area contributed by atoms with Gasteiger partial charge in [-0.3, -0.25) is 15.0 Å². The molecule has 1 fully saturated rings. The zero-order valence-electron chi connectivity index (χ0n) is 5.37. The largest absolute Gasteiger partial charge is 0.295 e. The van der Waals surface area contributed by atoms with Gasteiger partial charge in [-0.1, -0.05) is 0 Å². The highest BCUT2D eigenvalue weighted by atomic mass is 16.5. The lowest BCUT2D eigenvalue weighted by molar-refractivity contribution is -0.217. The molecule has 1 amide bonds. The van der Waals surface area contributed by atoms with Crippen LogP contribution in [0.3, 0.4) is 0 Å². The zero-order valence-corrected chi connectivity index (χ0v) is 5.37. The molecule has 0 bridgehead atoms. The van der Waals surface area contributed by atoms with E-state index in [4.69, 9.17) is 5.21 Å². The predicted octanol–water partition coefficient (Wildman–Crippen LogP) is -0.155. The van der Waals surface area contributed by atoms with E-state index in [1.54, 1.807) is 0 Å². The van der Waals surface area contributed by atoms with Crippen molar-refractivity contribution in [2.75, 3.05) is 13.6 Å². The Bertz CT molecular complexity index is 124. The molecule has 0 radical (unpaired) electrons. The van der Waals surface area contributed by atoms with Crippen LogP contribution >= 0.6 is 0 Å². The van der Waals surface area contributed by atoms with Crippen LogP contribution in [-0.4, -0.2) is 34.9 Å². The molecule has 52 valence electrons. The molecule has 1 heterocycles. The quantitative estimate of drug-likeness (QED) is 0.502. The van der Waals surface area contributed by atoms with Crippen LogP contribution in [0.1, 0.15) is 12.8 Å². The molecule has 4 heteroatoms. The smallest absolute Gasteiger partial charge is 0.238 e. The van der Waals surface area contributed by atoms with Gasteiger partial charge in [0.05, 0.1) is 0 Å². The van der Waals surface area contributed by atoms with Crippen LogP contribution in [-0.2, 0) is 4.79 Å². The molecule has 0 aromatic carbocycles. The monoisotopic (exact) mass is 130 g/mol. The molecule has 1 saturated heterocycles. The number of nitrogens with zero attached hydrogens (tertiary/aromatic N) is 2. The summed E-state index contributed by atoms with van der Waals surface area (Å²) in [5.74, 6) is 0.000000000000000222. The number of hydrogen-bond donors (Lipinski definition) is 1. The van der Waals surface area contributed by atoms with Crippen LogP contribution in [0, 0.1) is 0 Å². The van der Waals surface area contributed by atoms with Crippen molar-refractivity contribution < 1.29 is 10.0 Å². The SMILES string of the molecule is CN(O)N1CCCC1=O. The van der Waals surface area contributed by atoms with E-state index < -0.39 is 0 Å². The third-order valence-corrected chi connectivity index (χ3v) is 1.40.